The number of rotatable bonds is 9. The highest BCUT2D eigenvalue weighted by Crippen LogP contribution is 2.22. The van der Waals surface area contributed by atoms with Crippen molar-refractivity contribution < 1.29 is 9.64 Å². The molecule has 0 atom stereocenters. The third kappa shape index (κ3) is 5.50. The molecule has 2 nitrogen and oxygen atoms in total. The van der Waals surface area contributed by atoms with Gasteiger partial charge in [0, 0.05) is 5.02 Å². The van der Waals surface area contributed by atoms with Gasteiger partial charge in [0.2, 0.25) is 0 Å². The first-order chi connectivity index (χ1) is 9.21. The van der Waals surface area contributed by atoms with Gasteiger partial charge >= 0.3 is 0 Å². The minimum Gasteiger partial charge on any atom is -0.488 e. The Labute approximate surface area is 121 Å². The van der Waals surface area contributed by atoms with Crippen molar-refractivity contribution in [1.82, 2.24) is 0 Å². The highest BCUT2D eigenvalue weighted by Gasteiger charge is 2.05. The van der Waals surface area contributed by atoms with Crippen LogP contribution in [0.1, 0.15) is 12.5 Å². The Morgan fingerprint density at radius 3 is 2.53 bits per heavy atom. The molecular weight excluding hydrogens is 258 g/mol. The lowest BCUT2D eigenvalue weighted by Crippen LogP contribution is -3.12. The molecule has 0 aliphatic rings. The summed E-state index contributed by atoms with van der Waals surface area (Å²) in [4.78, 5) is 1.40. The second-order valence-corrected chi connectivity index (χ2v) is 4.85. The second-order valence-electron chi connectivity index (χ2n) is 4.44. The van der Waals surface area contributed by atoms with Crippen LogP contribution in [0.3, 0.4) is 0 Å². The number of nitrogens with one attached hydrogen (secondary N) is 1. The van der Waals surface area contributed by atoms with Gasteiger partial charge in [-0.2, -0.15) is 0 Å². The van der Waals surface area contributed by atoms with Gasteiger partial charge in [-0.05, 0) is 42.3 Å². The largest absolute Gasteiger partial charge is 0.488 e. The smallest absolute Gasteiger partial charge is 0.137 e. The van der Waals surface area contributed by atoms with Crippen molar-refractivity contribution >= 4 is 11.6 Å². The van der Waals surface area contributed by atoms with Gasteiger partial charge in [0.25, 0.3) is 0 Å². The summed E-state index contributed by atoms with van der Waals surface area (Å²) in [6.45, 7) is 13.1. The molecule has 0 aromatic heterocycles. The van der Waals surface area contributed by atoms with E-state index in [0.29, 0.717) is 6.61 Å². The molecule has 0 heterocycles. The predicted octanol–water partition coefficient (Wildman–Crippen LogP) is 2.54. The van der Waals surface area contributed by atoms with E-state index in [9.17, 15) is 0 Å². The summed E-state index contributed by atoms with van der Waals surface area (Å²) < 4.78 is 5.78. The highest BCUT2D eigenvalue weighted by atomic mass is 35.5. The standard InChI is InChI=1S/C16H22ClNO/c1-4-9-18(10-5-2)11-12-19-15-7-8-16(17)14(6-3)13-15/h4-5,7-8,13H,1-2,6,9-12H2,3H3/p+1. The second kappa shape index (κ2) is 8.78. The third-order valence-electron chi connectivity index (χ3n) is 2.99. The van der Waals surface area contributed by atoms with E-state index in [0.717, 1.165) is 42.4 Å². The number of halogens is 1. The van der Waals surface area contributed by atoms with Crippen molar-refractivity contribution in [2.45, 2.75) is 13.3 Å². The maximum Gasteiger partial charge on any atom is 0.137 e. The highest BCUT2D eigenvalue weighted by molar-refractivity contribution is 6.31. The minimum absolute atomic E-state index is 0.682. The minimum atomic E-state index is 0.682. The van der Waals surface area contributed by atoms with E-state index < -0.39 is 0 Å². The molecule has 0 unspecified atom stereocenters. The van der Waals surface area contributed by atoms with Crippen LogP contribution in [0.15, 0.2) is 43.5 Å². The van der Waals surface area contributed by atoms with Crippen molar-refractivity contribution in [1.29, 1.82) is 0 Å². The van der Waals surface area contributed by atoms with Crippen LogP contribution in [-0.2, 0) is 6.42 Å². The van der Waals surface area contributed by atoms with Crippen LogP contribution in [0.2, 0.25) is 5.02 Å². The van der Waals surface area contributed by atoms with Crippen molar-refractivity contribution in [2.24, 2.45) is 0 Å². The summed E-state index contributed by atoms with van der Waals surface area (Å²) in [5.41, 5.74) is 1.13. The van der Waals surface area contributed by atoms with Crippen molar-refractivity contribution in [3.63, 3.8) is 0 Å². The molecule has 3 heteroatoms. The van der Waals surface area contributed by atoms with Crippen molar-refractivity contribution in [3.05, 3.63) is 54.1 Å². The lowest BCUT2D eigenvalue weighted by molar-refractivity contribution is -0.888. The summed E-state index contributed by atoms with van der Waals surface area (Å²) in [6, 6.07) is 5.83. The normalized spacial score (nSPS) is 10.5. The number of quaternary nitrogens is 1. The number of hydrogen-bond donors (Lipinski definition) is 1. The van der Waals surface area contributed by atoms with Gasteiger partial charge in [-0.15, -0.1) is 0 Å². The van der Waals surface area contributed by atoms with Crippen LogP contribution in [-0.4, -0.2) is 26.2 Å². The molecule has 0 spiro atoms. The zero-order chi connectivity index (χ0) is 14.1. The summed E-state index contributed by atoms with van der Waals surface area (Å²) >= 11 is 6.08. The van der Waals surface area contributed by atoms with Gasteiger partial charge in [0.15, 0.2) is 0 Å². The Balaban J connectivity index is 2.47. The Bertz CT molecular complexity index is 407. The third-order valence-corrected chi connectivity index (χ3v) is 3.36. The van der Waals surface area contributed by atoms with E-state index in [1.165, 1.54) is 4.90 Å². The van der Waals surface area contributed by atoms with Gasteiger partial charge in [0.05, 0.1) is 13.1 Å². The molecule has 1 aromatic carbocycles. The van der Waals surface area contributed by atoms with E-state index in [2.05, 4.69) is 20.1 Å². The van der Waals surface area contributed by atoms with Gasteiger partial charge in [-0.3, -0.25) is 0 Å². The van der Waals surface area contributed by atoms with E-state index in [-0.39, 0.29) is 0 Å². The van der Waals surface area contributed by atoms with E-state index in [1.807, 2.05) is 30.4 Å². The lowest BCUT2D eigenvalue weighted by Gasteiger charge is -2.16. The number of ether oxygens (including phenoxy) is 1. The quantitative estimate of drug-likeness (QED) is 0.687. The molecule has 0 bridgehead atoms. The van der Waals surface area contributed by atoms with E-state index in [1.54, 1.807) is 0 Å². The Morgan fingerprint density at radius 2 is 1.95 bits per heavy atom. The fraction of sp³-hybridized carbons (Fsp3) is 0.375. The van der Waals surface area contributed by atoms with Gasteiger partial charge < -0.3 is 9.64 Å². The molecule has 104 valence electrons. The number of aryl methyl sites for hydroxylation is 1. The average Bonchev–Trinajstić information content (AvgIpc) is 2.41. The average molecular weight is 281 g/mol. The summed E-state index contributed by atoms with van der Waals surface area (Å²) in [7, 11) is 0. The maximum atomic E-state index is 6.08. The monoisotopic (exact) mass is 280 g/mol. The first kappa shape index (κ1) is 15.8. The SMILES string of the molecule is C=CC[NH+](CC=C)CCOc1ccc(Cl)c(CC)c1. The molecule has 1 rings (SSSR count). The van der Waals surface area contributed by atoms with E-state index >= 15 is 0 Å². The molecule has 0 amide bonds. The molecule has 0 aliphatic heterocycles. The molecule has 19 heavy (non-hydrogen) atoms. The molecule has 0 radical (unpaired) electrons. The summed E-state index contributed by atoms with van der Waals surface area (Å²) in [5.74, 6) is 0.887. The summed E-state index contributed by atoms with van der Waals surface area (Å²) in [6.07, 6.45) is 4.77. The number of benzene rings is 1. The lowest BCUT2D eigenvalue weighted by atomic mass is 10.1. The fourth-order valence-corrected chi connectivity index (χ4v) is 2.17. The van der Waals surface area contributed by atoms with Crippen LogP contribution >= 0.6 is 11.6 Å². The zero-order valence-corrected chi connectivity index (χ0v) is 12.4. The van der Waals surface area contributed by atoms with Crippen LogP contribution in [0.25, 0.3) is 0 Å². The van der Waals surface area contributed by atoms with Crippen LogP contribution < -0.4 is 9.64 Å². The Hall–Kier alpha value is -1.25. The van der Waals surface area contributed by atoms with Gasteiger partial charge in [-0.25, -0.2) is 0 Å². The predicted molar refractivity (Wildman–Crippen MR) is 82.3 cm³/mol. The van der Waals surface area contributed by atoms with Crippen molar-refractivity contribution in [3.8, 4) is 5.75 Å². The zero-order valence-electron chi connectivity index (χ0n) is 11.6. The van der Waals surface area contributed by atoms with E-state index in [4.69, 9.17) is 16.3 Å². The van der Waals surface area contributed by atoms with Crippen LogP contribution in [0.5, 0.6) is 5.75 Å². The topological polar surface area (TPSA) is 13.7 Å². The molecule has 0 fully saturated rings. The number of hydrogen-bond acceptors (Lipinski definition) is 1. The first-order valence-corrected chi connectivity index (χ1v) is 7.05. The summed E-state index contributed by atoms with van der Waals surface area (Å²) in [5, 5.41) is 0.806. The molecule has 1 aromatic rings. The van der Waals surface area contributed by atoms with Crippen LogP contribution in [0, 0.1) is 0 Å². The van der Waals surface area contributed by atoms with Gasteiger partial charge in [-0.1, -0.05) is 31.7 Å². The molecule has 1 N–H and O–H groups in total. The first-order valence-electron chi connectivity index (χ1n) is 6.67. The molecular formula is C16H23ClNO+. The molecule has 0 aliphatic carbocycles. The Morgan fingerprint density at radius 1 is 1.26 bits per heavy atom. The fourth-order valence-electron chi connectivity index (χ4n) is 1.92. The van der Waals surface area contributed by atoms with Crippen LogP contribution in [0.4, 0.5) is 0 Å². The Kier molecular flexibility index (Phi) is 7.31. The maximum absolute atomic E-state index is 6.08. The molecule has 0 saturated heterocycles. The van der Waals surface area contributed by atoms with Crippen molar-refractivity contribution in [2.75, 3.05) is 26.2 Å². The molecule has 0 saturated carbocycles. The van der Waals surface area contributed by atoms with Gasteiger partial charge in [0.1, 0.15) is 18.9 Å².